The first kappa shape index (κ1) is 16.1. The molecule has 0 radical (unpaired) electrons. The van der Waals surface area contributed by atoms with Crippen molar-refractivity contribution in [1.29, 1.82) is 0 Å². The molecule has 2 aliphatic rings. The van der Waals surface area contributed by atoms with Gasteiger partial charge in [0.2, 0.25) is 0 Å². The van der Waals surface area contributed by atoms with Crippen LogP contribution in [0.1, 0.15) is 24.0 Å². The molecule has 2 atom stereocenters. The third kappa shape index (κ3) is 3.66. The molecular weight excluding hydrogens is 316 g/mol. The minimum Gasteiger partial charge on any atom is -0.480 e. The Morgan fingerprint density at radius 2 is 2.16 bits per heavy atom. The molecule has 4 rings (SSSR count). The number of fused-ring (bicyclic) bond motifs is 1. The molecule has 0 spiro atoms. The normalized spacial score (nSPS) is 21.6. The molecule has 5 heteroatoms. The van der Waals surface area contributed by atoms with Crippen molar-refractivity contribution in [3.63, 3.8) is 0 Å². The Bertz CT molecular complexity index is 704. The van der Waals surface area contributed by atoms with E-state index in [2.05, 4.69) is 4.98 Å². The first-order chi connectivity index (χ1) is 12.3. The highest BCUT2D eigenvalue weighted by atomic mass is 16.5. The van der Waals surface area contributed by atoms with Gasteiger partial charge in [0.05, 0.1) is 6.10 Å². The summed E-state index contributed by atoms with van der Waals surface area (Å²) in [6.45, 7) is 1.91. The lowest BCUT2D eigenvalue weighted by atomic mass is 10.1. The number of pyridine rings is 1. The van der Waals surface area contributed by atoms with Crippen molar-refractivity contribution in [3.05, 3.63) is 59.9 Å². The molecule has 1 saturated heterocycles. The largest absolute Gasteiger partial charge is 0.480 e. The van der Waals surface area contributed by atoms with Crippen molar-refractivity contribution in [2.75, 3.05) is 13.2 Å². The van der Waals surface area contributed by atoms with Crippen molar-refractivity contribution in [2.45, 2.75) is 38.0 Å². The number of rotatable bonds is 5. The third-order valence-corrected chi connectivity index (χ3v) is 4.78. The van der Waals surface area contributed by atoms with Crippen LogP contribution in [-0.2, 0) is 22.5 Å². The lowest BCUT2D eigenvalue weighted by molar-refractivity contribution is -0.140. The molecular formula is C20H22N2O3. The second-order valence-electron chi connectivity index (χ2n) is 6.63. The van der Waals surface area contributed by atoms with Crippen LogP contribution in [0.4, 0.5) is 0 Å². The molecule has 5 nitrogen and oxygen atoms in total. The Kier molecular flexibility index (Phi) is 4.65. The van der Waals surface area contributed by atoms with Gasteiger partial charge in [-0.1, -0.05) is 24.3 Å². The fourth-order valence-corrected chi connectivity index (χ4v) is 3.50. The number of benzene rings is 1. The van der Waals surface area contributed by atoms with E-state index in [1.807, 2.05) is 41.3 Å². The number of amides is 1. The van der Waals surface area contributed by atoms with Crippen molar-refractivity contribution in [3.8, 4) is 5.75 Å². The summed E-state index contributed by atoms with van der Waals surface area (Å²) >= 11 is 0. The van der Waals surface area contributed by atoms with E-state index in [1.54, 1.807) is 12.4 Å². The van der Waals surface area contributed by atoms with E-state index in [0.29, 0.717) is 19.5 Å². The summed E-state index contributed by atoms with van der Waals surface area (Å²) in [4.78, 5) is 19.2. The zero-order valence-electron chi connectivity index (χ0n) is 14.1. The number of hydrogen-bond donors (Lipinski definition) is 0. The highest BCUT2D eigenvalue weighted by Crippen LogP contribution is 2.29. The fraction of sp³-hybridized carbons (Fsp3) is 0.400. The van der Waals surface area contributed by atoms with Crippen LogP contribution in [0.5, 0.6) is 5.75 Å². The highest BCUT2D eigenvalue weighted by Gasteiger charge is 2.33. The summed E-state index contributed by atoms with van der Waals surface area (Å²) in [7, 11) is 0. The number of carbonyl (C=O) groups is 1. The molecule has 25 heavy (non-hydrogen) atoms. The average molecular weight is 338 g/mol. The zero-order valence-corrected chi connectivity index (χ0v) is 14.1. The Balaban J connectivity index is 1.49. The summed E-state index contributed by atoms with van der Waals surface area (Å²) in [5, 5.41) is 0. The van der Waals surface area contributed by atoms with Gasteiger partial charge < -0.3 is 14.4 Å². The van der Waals surface area contributed by atoms with Crippen LogP contribution in [0.3, 0.4) is 0 Å². The molecule has 0 saturated carbocycles. The van der Waals surface area contributed by atoms with Crippen LogP contribution in [0.15, 0.2) is 48.8 Å². The van der Waals surface area contributed by atoms with Crippen LogP contribution in [0, 0.1) is 0 Å². The monoisotopic (exact) mass is 338 g/mol. The topological polar surface area (TPSA) is 51.7 Å². The molecule has 1 fully saturated rings. The maximum Gasteiger partial charge on any atom is 0.264 e. The van der Waals surface area contributed by atoms with Gasteiger partial charge in [-0.05, 0) is 36.1 Å². The third-order valence-electron chi connectivity index (χ3n) is 4.78. The Hall–Kier alpha value is -2.40. The molecule has 0 unspecified atom stereocenters. The summed E-state index contributed by atoms with van der Waals surface area (Å²) in [5.74, 6) is 0.842. The smallest absolute Gasteiger partial charge is 0.264 e. The first-order valence-electron chi connectivity index (χ1n) is 8.83. The maximum absolute atomic E-state index is 13.1. The summed E-state index contributed by atoms with van der Waals surface area (Å²) in [6, 6.07) is 11.8. The highest BCUT2D eigenvalue weighted by molar-refractivity contribution is 5.82. The number of carbonyl (C=O) groups excluding carboxylic acids is 1. The standard InChI is InChI=1S/C20H22N2O3/c23-20(19-11-16-6-1-2-8-18(16)25-19)22(14-17-7-4-10-24-17)13-15-5-3-9-21-12-15/h1-3,5-6,8-9,12,17,19H,4,7,10-11,13-14H2/t17-,19-/m0/s1. The fourth-order valence-electron chi connectivity index (χ4n) is 3.50. The zero-order chi connectivity index (χ0) is 17.1. The van der Waals surface area contributed by atoms with Gasteiger partial charge in [-0.2, -0.15) is 0 Å². The van der Waals surface area contributed by atoms with Crippen molar-refractivity contribution in [1.82, 2.24) is 9.88 Å². The molecule has 2 aromatic rings. The Morgan fingerprint density at radius 1 is 1.24 bits per heavy atom. The SMILES string of the molecule is O=C([C@@H]1Cc2ccccc2O1)N(Cc1cccnc1)C[C@@H]1CCCO1. The van der Waals surface area contributed by atoms with Crippen LogP contribution in [-0.4, -0.2) is 41.2 Å². The number of para-hydroxylation sites is 1. The maximum atomic E-state index is 13.1. The molecule has 0 aliphatic carbocycles. The molecule has 1 aromatic heterocycles. The quantitative estimate of drug-likeness (QED) is 0.841. The minimum atomic E-state index is -0.449. The number of ether oxygens (including phenoxy) is 2. The van der Waals surface area contributed by atoms with Gasteiger partial charge >= 0.3 is 0 Å². The van der Waals surface area contributed by atoms with Gasteiger partial charge in [0, 0.05) is 38.5 Å². The van der Waals surface area contributed by atoms with E-state index in [4.69, 9.17) is 9.47 Å². The van der Waals surface area contributed by atoms with Crippen molar-refractivity contribution in [2.24, 2.45) is 0 Å². The van der Waals surface area contributed by atoms with Gasteiger partial charge in [-0.3, -0.25) is 9.78 Å². The molecule has 1 aromatic carbocycles. The van der Waals surface area contributed by atoms with Crippen LogP contribution in [0.2, 0.25) is 0 Å². The molecule has 3 heterocycles. The summed E-state index contributed by atoms with van der Waals surface area (Å²) < 4.78 is 11.6. The second-order valence-corrected chi connectivity index (χ2v) is 6.63. The predicted molar refractivity (Wildman–Crippen MR) is 93.2 cm³/mol. The Morgan fingerprint density at radius 3 is 2.92 bits per heavy atom. The van der Waals surface area contributed by atoms with E-state index in [-0.39, 0.29) is 12.0 Å². The van der Waals surface area contributed by atoms with E-state index in [9.17, 15) is 4.79 Å². The lowest BCUT2D eigenvalue weighted by Crippen LogP contribution is -2.44. The van der Waals surface area contributed by atoms with Crippen molar-refractivity contribution >= 4 is 5.91 Å². The van der Waals surface area contributed by atoms with Gasteiger partial charge in [-0.15, -0.1) is 0 Å². The van der Waals surface area contributed by atoms with Crippen molar-refractivity contribution < 1.29 is 14.3 Å². The summed E-state index contributed by atoms with van der Waals surface area (Å²) in [6.07, 6.45) is 5.91. The Labute approximate surface area is 147 Å². The van der Waals surface area contributed by atoms with Crippen LogP contribution in [0.25, 0.3) is 0 Å². The average Bonchev–Trinajstić information content (AvgIpc) is 3.30. The van der Waals surface area contributed by atoms with Gasteiger partial charge in [-0.25, -0.2) is 0 Å². The molecule has 130 valence electrons. The van der Waals surface area contributed by atoms with E-state index in [1.165, 1.54) is 0 Å². The second kappa shape index (κ2) is 7.23. The van der Waals surface area contributed by atoms with Crippen LogP contribution < -0.4 is 4.74 Å². The molecule has 0 bridgehead atoms. The number of aromatic nitrogens is 1. The van der Waals surface area contributed by atoms with E-state index < -0.39 is 6.10 Å². The number of hydrogen-bond acceptors (Lipinski definition) is 4. The van der Waals surface area contributed by atoms with E-state index in [0.717, 1.165) is 36.3 Å². The van der Waals surface area contributed by atoms with Gasteiger partial charge in [0.1, 0.15) is 5.75 Å². The first-order valence-corrected chi connectivity index (χ1v) is 8.83. The van der Waals surface area contributed by atoms with Gasteiger partial charge in [0.15, 0.2) is 6.10 Å². The van der Waals surface area contributed by atoms with Crippen LogP contribution >= 0.6 is 0 Å². The number of nitrogens with zero attached hydrogens (tertiary/aromatic N) is 2. The lowest BCUT2D eigenvalue weighted by Gasteiger charge is -2.27. The summed E-state index contributed by atoms with van der Waals surface area (Å²) in [5.41, 5.74) is 2.11. The molecule has 0 N–H and O–H groups in total. The van der Waals surface area contributed by atoms with E-state index >= 15 is 0 Å². The molecule has 1 amide bonds. The molecule has 2 aliphatic heterocycles. The minimum absolute atomic E-state index is 0.0237. The van der Waals surface area contributed by atoms with Gasteiger partial charge in [0.25, 0.3) is 5.91 Å². The predicted octanol–water partition coefficient (Wildman–Crippen LogP) is 2.59.